The maximum atomic E-state index is 12.7. The van der Waals surface area contributed by atoms with Crippen LogP contribution in [0, 0.1) is 6.92 Å². The maximum absolute atomic E-state index is 12.7. The summed E-state index contributed by atoms with van der Waals surface area (Å²) in [6.07, 6.45) is 4.65. The third-order valence-electron chi connectivity index (χ3n) is 4.01. The fourth-order valence-electron chi connectivity index (χ4n) is 2.75. The number of rotatable bonds is 8. The third kappa shape index (κ3) is 3.89. The van der Waals surface area contributed by atoms with E-state index in [9.17, 15) is 4.79 Å². The number of nitrogens with zero attached hydrogens (tertiary/aromatic N) is 2. The fraction of sp³-hybridized carbons (Fsp3) is 0.333. The summed E-state index contributed by atoms with van der Waals surface area (Å²) in [7, 11) is 1.56. The van der Waals surface area contributed by atoms with Crippen molar-refractivity contribution in [1.29, 1.82) is 0 Å². The van der Waals surface area contributed by atoms with Crippen molar-refractivity contribution in [3.05, 3.63) is 46.6 Å². The second kappa shape index (κ2) is 8.03. The molecule has 3 aromatic rings. The van der Waals surface area contributed by atoms with Crippen molar-refractivity contribution in [2.75, 3.05) is 19.9 Å². The fourth-order valence-corrected chi connectivity index (χ4v) is 4.29. The highest BCUT2D eigenvalue weighted by Crippen LogP contribution is 2.30. The quantitative estimate of drug-likeness (QED) is 0.368. The van der Waals surface area contributed by atoms with Crippen molar-refractivity contribution in [2.24, 2.45) is 0 Å². The Morgan fingerprint density at radius 3 is 2.92 bits per heavy atom. The van der Waals surface area contributed by atoms with Gasteiger partial charge in [-0.25, -0.2) is 4.98 Å². The molecule has 0 spiro atoms. The van der Waals surface area contributed by atoms with E-state index in [4.69, 9.17) is 4.74 Å². The smallest absolute Gasteiger partial charge is 0.212 e. The van der Waals surface area contributed by atoms with Crippen molar-refractivity contribution < 1.29 is 9.53 Å². The molecule has 0 saturated heterocycles. The standard InChI is InChI=1S/C18H21N3O2S2/c1-12-9-14-10-15(17(22)13-5-6-16(23-2)19-11-13)25-18(14)21(12)8-4-7-20-24-3/h5-6,9-11,20H,4,7-8H2,1-3H3. The van der Waals surface area contributed by atoms with Crippen LogP contribution < -0.4 is 9.46 Å². The summed E-state index contributed by atoms with van der Waals surface area (Å²) in [6.45, 7) is 4.03. The Hall–Kier alpha value is -1.83. The lowest BCUT2D eigenvalue weighted by Gasteiger charge is -2.07. The first kappa shape index (κ1) is 18.0. The lowest BCUT2D eigenvalue weighted by atomic mass is 10.1. The number of aromatic nitrogens is 2. The predicted octanol–water partition coefficient (Wildman–Crippen LogP) is 3.90. The zero-order valence-electron chi connectivity index (χ0n) is 14.5. The van der Waals surface area contributed by atoms with Gasteiger partial charge in [-0.05, 0) is 37.8 Å². The molecule has 0 aliphatic rings. The van der Waals surface area contributed by atoms with E-state index in [1.807, 2.05) is 12.3 Å². The number of aryl methyl sites for hydroxylation is 2. The van der Waals surface area contributed by atoms with Gasteiger partial charge in [0.15, 0.2) is 0 Å². The second-order valence-electron chi connectivity index (χ2n) is 5.68. The van der Waals surface area contributed by atoms with E-state index in [0.29, 0.717) is 11.4 Å². The van der Waals surface area contributed by atoms with Gasteiger partial charge >= 0.3 is 0 Å². The summed E-state index contributed by atoms with van der Waals surface area (Å²) < 4.78 is 10.6. The lowest BCUT2D eigenvalue weighted by molar-refractivity contribution is 0.104. The Balaban J connectivity index is 1.82. The first-order valence-corrected chi connectivity index (χ1v) is 10.1. The number of fused-ring (bicyclic) bond motifs is 1. The molecule has 0 atom stereocenters. The number of thiophene rings is 1. The van der Waals surface area contributed by atoms with E-state index in [2.05, 4.69) is 27.3 Å². The number of nitrogens with one attached hydrogen (secondary N) is 1. The molecule has 0 fully saturated rings. The molecule has 3 rings (SSSR count). The maximum Gasteiger partial charge on any atom is 0.212 e. The van der Waals surface area contributed by atoms with E-state index in [0.717, 1.165) is 34.6 Å². The highest BCUT2D eigenvalue weighted by Gasteiger charge is 2.16. The Bertz CT molecular complexity index is 868. The van der Waals surface area contributed by atoms with Crippen LogP contribution in [0.25, 0.3) is 10.2 Å². The third-order valence-corrected chi connectivity index (χ3v) is 5.68. The van der Waals surface area contributed by atoms with Crippen LogP contribution in [0.4, 0.5) is 0 Å². The van der Waals surface area contributed by atoms with Gasteiger partial charge in [0.2, 0.25) is 11.7 Å². The van der Waals surface area contributed by atoms with Gasteiger partial charge in [0.05, 0.1) is 12.0 Å². The Morgan fingerprint density at radius 1 is 1.40 bits per heavy atom. The van der Waals surface area contributed by atoms with E-state index in [1.165, 1.54) is 5.69 Å². The van der Waals surface area contributed by atoms with Crippen LogP contribution in [0.15, 0.2) is 30.5 Å². The second-order valence-corrected chi connectivity index (χ2v) is 7.41. The molecule has 0 amide bonds. The number of pyridine rings is 1. The van der Waals surface area contributed by atoms with Crippen molar-refractivity contribution >= 4 is 39.3 Å². The van der Waals surface area contributed by atoms with Gasteiger partial charge in [-0.15, -0.1) is 11.3 Å². The molecule has 0 aromatic carbocycles. The molecule has 0 bridgehead atoms. The normalized spacial score (nSPS) is 11.2. The van der Waals surface area contributed by atoms with Gasteiger partial charge < -0.3 is 9.30 Å². The molecule has 1 N–H and O–H groups in total. The summed E-state index contributed by atoms with van der Waals surface area (Å²) in [5.41, 5.74) is 1.81. The molecular formula is C18H21N3O2S2. The minimum absolute atomic E-state index is 0.00426. The molecule has 0 unspecified atom stereocenters. The number of carbonyl (C=O) groups is 1. The minimum atomic E-state index is 0.00426. The molecular weight excluding hydrogens is 354 g/mol. The van der Waals surface area contributed by atoms with Crippen LogP contribution in [0.5, 0.6) is 5.88 Å². The average Bonchev–Trinajstić information content (AvgIpc) is 3.16. The first-order chi connectivity index (χ1) is 12.1. The van der Waals surface area contributed by atoms with Gasteiger partial charge in [0.25, 0.3) is 0 Å². The van der Waals surface area contributed by atoms with E-state index < -0.39 is 0 Å². The number of carbonyl (C=O) groups excluding carboxylic acids is 1. The first-order valence-electron chi connectivity index (χ1n) is 8.04. The van der Waals surface area contributed by atoms with Crippen LogP contribution in [-0.2, 0) is 6.54 Å². The van der Waals surface area contributed by atoms with E-state index in [-0.39, 0.29) is 5.78 Å². The molecule has 0 saturated carbocycles. The van der Waals surface area contributed by atoms with Gasteiger partial charge in [0, 0.05) is 42.0 Å². The molecule has 3 heterocycles. The highest BCUT2D eigenvalue weighted by molar-refractivity contribution is 7.96. The van der Waals surface area contributed by atoms with Crippen LogP contribution in [0.3, 0.4) is 0 Å². The van der Waals surface area contributed by atoms with Crippen molar-refractivity contribution in [3.8, 4) is 5.88 Å². The minimum Gasteiger partial charge on any atom is -0.481 e. The van der Waals surface area contributed by atoms with Gasteiger partial charge in [-0.2, -0.15) is 0 Å². The van der Waals surface area contributed by atoms with Crippen molar-refractivity contribution in [3.63, 3.8) is 0 Å². The molecule has 0 aliphatic heterocycles. The molecule has 132 valence electrons. The summed E-state index contributed by atoms with van der Waals surface area (Å²) in [5.74, 6) is 0.512. The Morgan fingerprint density at radius 2 is 2.24 bits per heavy atom. The van der Waals surface area contributed by atoms with Crippen LogP contribution >= 0.6 is 23.3 Å². The Labute approximate surface area is 155 Å². The van der Waals surface area contributed by atoms with Crippen LogP contribution in [-0.4, -0.2) is 35.2 Å². The van der Waals surface area contributed by atoms with E-state index >= 15 is 0 Å². The molecule has 7 heteroatoms. The zero-order chi connectivity index (χ0) is 17.8. The topological polar surface area (TPSA) is 56.1 Å². The van der Waals surface area contributed by atoms with Crippen molar-refractivity contribution in [1.82, 2.24) is 14.3 Å². The number of hydrogen-bond donors (Lipinski definition) is 1. The number of methoxy groups -OCH3 is 1. The predicted molar refractivity (Wildman–Crippen MR) is 105 cm³/mol. The largest absolute Gasteiger partial charge is 0.481 e. The number of ether oxygens (including phenoxy) is 1. The molecule has 25 heavy (non-hydrogen) atoms. The molecule has 3 aromatic heterocycles. The van der Waals surface area contributed by atoms with Crippen molar-refractivity contribution in [2.45, 2.75) is 19.9 Å². The number of hydrogen-bond acceptors (Lipinski definition) is 6. The van der Waals surface area contributed by atoms with Crippen LogP contribution in [0.1, 0.15) is 27.3 Å². The lowest BCUT2D eigenvalue weighted by Crippen LogP contribution is -2.09. The summed E-state index contributed by atoms with van der Waals surface area (Å²) in [6, 6.07) is 7.60. The zero-order valence-corrected chi connectivity index (χ0v) is 16.2. The summed E-state index contributed by atoms with van der Waals surface area (Å²) in [4.78, 5) is 18.7. The van der Waals surface area contributed by atoms with Crippen LogP contribution in [0.2, 0.25) is 0 Å². The molecule has 0 aliphatic carbocycles. The monoisotopic (exact) mass is 375 g/mol. The summed E-state index contributed by atoms with van der Waals surface area (Å²) in [5, 5.41) is 1.13. The average molecular weight is 376 g/mol. The summed E-state index contributed by atoms with van der Waals surface area (Å²) >= 11 is 3.19. The molecule has 5 nitrogen and oxygen atoms in total. The SMILES string of the molecule is COc1ccc(C(=O)c2cc3cc(C)n(CCCNSC)c3s2)cn1. The van der Waals surface area contributed by atoms with Gasteiger partial charge in [-0.3, -0.25) is 9.52 Å². The highest BCUT2D eigenvalue weighted by atomic mass is 32.2. The number of ketones is 1. The van der Waals surface area contributed by atoms with E-state index in [1.54, 1.807) is 48.7 Å². The Kier molecular flexibility index (Phi) is 5.78. The molecule has 0 radical (unpaired) electrons. The van der Waals surface area contributed by atoms with Gasteiger partial charge in [-0.1, -0.05) is 11.9 Å². The van der Waals surface area contributed by atoms with Gasteiger partial charge in [0.1, 0.15) is 4.83 Å².